The van der Waals surface area contributed by atoms with Gasteiger partial charge in [-0.05, 0) is 6.92 Å². The first kappa shape index (κ1) is 8.90. The van der Waals surface area contributed by atoms with Crippen molar-refractivity contribution in [2.45, 2.75) is 6.92 Å². The second-order valence-electron chi connectivity index (χ2n) is 2.56. The molecule has 0 atom stereocenters. The molecule has 1 rings (SSSR count). The summed E-state index contributed by atoms with van der Waals surface area (Å²) in [5, 5.41) is 8.03. The molecule has 3 heteroatoms. The first-order valence-electron chi connectivity index (χ1n) is 3.60. The van der Waals surface area contributed by atoms with Gasteiger partial charge < -0.3 is 0 Å². The van der Waals surface area contributed by atoms with Gasteiger partial charge in [0.05, 0.1) is 0 Å². The van der Waals surface area contributed by atoms with Crippen LogP contribution >= 0.6 is 0 Å². The van der Waals surface area contributed by atoms with Crippen LogP contribution in [0.15, 0.2) is 24.3 Å². The van der Waals surface area contributed by atoms with E-state index in [4.69, 9.17) is 5.26 Å². The van der Waals surface area contributed by atoms with Crippen LogP contribution in [0.5, 0.6) is 0 Å². The zero-order valence-corrected chi connectivity index (χ0v) is 6.78. The van der Waals surface area contributed by atoms with Gasteiger partial charge in [0.15, 0.2) is 5.78 Å². The molecule has 0 aliphatic carbocycles. The van der Waals surface area contributed by atoms with Gasteiger partial charge in [-0.15, -0.1) is 0 Å². The Morgan fingerprint density at radius 3 is 2.50 bits per heavy atom. The molecular weight excluding hydrogens is 156 g/mol. The maximum atomic E-state index is 11.1. The summed E-state index contributed by atoms with van der Waals surface area (Å²) in [4.78, 5) is 14.8. The molecule has 0 aliphatic heterocycles. The topological polar surface area (TPSA) is 46.5 Å². The normalized spacial score (nSPS) is 9.83. The zero-order chi connectivity index (χ0) is 8.97. The molecule has 0 saturated heterocycles. The second kappa shape index (κ2) is 3.99. The van der Waals surface area contributed by atoms with Gasteiger partial charge in [0.25, 0.3) is 0 Å². The third kappa shape index (κ3) is 2.15. The maximum Gasteiger partial charge on any atom is 0.191 e. The highest BCUT2D eigenvalue weighted by molar-refractivity contribution is 5.97. The first-order valence-corrected chi connectivity index (χ1v) is 3.60. The first-order chi connectivity index (χ1) is 5.74. The van der Waals surface area contributed by atoms with Crippen LogP contribution in [-0.2, 0) is 4.89 Å². The molecule has 0 aromatic heterocycles. The molecule has 0 aliphatic rings. The molecule has 1 N–H and O–H groups in total. The monoisotopic (exact) mass is 166 g/mol. The lowest BCUT2D eigenvalue weighted by molar-refractivity contribution is -0.230. The molecule has 0 fully saturated rings. The van der Waals surface area contributed by atoms with E-state index >= 15 is 0 Å². The van der Waals surface area contributed by atoms with Crippen LogP contribution in [0, 0.1) is 6.92 Å². The number of ketones is 1. The Kier molecular flexibility index (Phi) is 2.96. The zero-order valence-electron chi connectivity index (χ0n) is 6.78. The molecule has 3 nitrogen and oxygen atoms in total. The highest BCUT2D eigenvalue weighted by atomic mass is 17.1. The van der Waals surface area contributed by atoms with E-state index < -0.39 is 0 Å². The van der Waals surface area contributed by atoms with E-state index in [1.807, 2.05) is 19.1 Å². The molecule has 12 heavy (non-hydrogen) atoms. The van der Waals surface area contributed by atoms with Crippen molar-refractivity contribution in [3.8, 4) is 0 Å². The van der Waals surface area contributed by atoms with Gasteiger partial charge in [-0.3, -0.25) is 10.1 Å². The molecule has 0 amide bonds. The van der Waals surface area contributed by atoms with Crippen molar-refractivity contribution in [1.82, 2.24) is 0 Å². The molecular formula is C9H10O3. The van der Waals surface area contributed by atoms with Gasteiger partial charge in [0, 0.05) is 5.56 Å². The van der Waals surface area contributed by atoms with Crippen molar-refractivity contribution in [2.24, 2.45) is 0 Å². The molecule has 1 aromatic rings. The van der Waals surface area contributed by atoms with Crippen molar-refractivity contribution in [3.63, 3.8) is 0 Å². The fraction of sp³-hybridized carbons (Fsp3) is 0.222. The van der Waals surface area contributed by atoms with Crippen LogP contribution < -0.4 is 0 Å². The Balaban J connectivity index is 2.75. The molecule has 0 spiro atoms. The van der Waals surface area contributed by atoms with E-state index in [0.29, 0.717) is 5.56 Å². The lowest BCUT2D eigenvalue weighted by Crippen LogP contribution is -2.06. The minimum atomic E-state index is -0.289. The molecule has 0 bridgehead atoms. The Morgan fingerprint density at radius 1 is 1.42 bits per heavy atom. The lowest BCUT2D eigenvalue weighted by Gasteiger charge is -1.98. The number of hydrogen-bond donors (Lipinski definition) is 1. The number of hydrogen-bond acceptors (Lipinski definition) is 3. The fourth-order valence-electron chi connectivity index (χ4n) is 0.881. The van der Waals surface area contributed by atoms with Crippen LogP contribution in [0.2, 0.25) is 0 Å². The van der Waals surface area contributed by atoms with E-state index in [1.165, 1.54) is 0 Å². The summed E-state index contributed by atoms with van der Waals surface area (Å²) in [5.41, 5.74) is 1.64. The van der Waals surface area contributed by atoms with Gasteiger partial charge in [0.2, 0.25) is 0 Å². The van der Waals surface area contributed by atoms with Crippen molar-refractivity contribution in [1.29, 1.82) is 0 Å². The fourth-order valence-corrected chi connectivity index (χ4v) is 0.881. The van der Waals surface area contributed by atoms with E-state index in [9.17, 15) is 4.79 Å². The van der Waals surface area contributed by atoms with Crippen molar-refractivity contribution >= 4 is 5.78 Å². The Hall–Kier alpha value is -1.19. The van der Waals surface area contributed by atoms with Crippen LogP contribution in [-0.4, -0.2) is 17.6 Å². The SMILES string of the molecule is Cc1ccc(C(=O)COO)cc1. The second-order valence-corrected chi connectivity index (χ2v) is 2.56. The van der Waals surface area contributed by atoms with Crippen molar-refractivity contribution in [3.05, 3.63) is 35.4 Å². The summed E-state index contributed by atoms with van der Waals surface area (Å²) in [6, 6.07) is 7.09. The summed E-state index contributed by atoms with van der Waals surface area (Å²) in [6.45, 7) is 1.65. The number of benzene rings is 1. The maximum absolute atomic E-state index is 11.1. The van der Waals surface area contributed by atoms with Gasteiger partial charge in [-0.2, -0.15) is 0 Å². The standard InChI is InChI=1S/C9H10O3/c1-7-2-4-8(5-3-7)9(10)6-12-11/h2-5,11H,6H2,1H3. The van der Waals surface area contributed by atoms with Gasteiger partial charge in [-0.25, -0.2) is 4.89 Å². The average molecular weight is 166 g/mol. The molecule has 64 valence electrons. The molecule has 1 aromatic carbocycles. The number of carbonyl (C=O) groups is 1. The average Bonchev–Trinajstić information content (AvgIpc) is 2.06. The van der Waals surface area contributed by atoms with Crippen LogP contribution in [0.1, 0.15) is 15.9 Å². The van der Waals surface area contributed by atoms with E-state index in [-0.39, 0.29) is 12.4 Å². The lowest BCUT2D eigenvalue weighted by atomic mass is 10.1. The third-order valence-electron chi connectivity index (χ3n) is 1.57. The minimum Gasteiger partial charge on any atom is -0.291 e. The van der Waals surface area contributed by atoms with Crippen molar-refractivity contribution < 1.29 is 14.9 Å². The highest BCUT2D eigenvalue weighted by Gasteiger charge is 2.03. The molecule has 0 saturated carbocycles. The largest absolute Gasteiger partial charge is 0.291 e. The Bertz CT molecular complexity index is 264. The Morgan fingerprint density at radius 2 is 2.00 bits per heavy atom. The highest BCUT2D eigenvalue weighted by Crippen LogP contribution is 2.03. The number of carbonyl (C=O) groups excluding carboxylic acids is 1. The van der Waals surface area contributed by atoms with Gasteiger partial charge in [0.1, 0.15) is 6.61 Å². The Labute approximate surface area is 70.5 Å². The van der Waals surface area contributed by atoms with E-state index in [1.54, 1.807) is 12.1 Å². The molecule has 0 radical (unpaired) electrons. The number of Topliss-reactive ketones (excluding diaryl/α,β-unsaturated/α-hetero) is 1. The number of rotatable bonds is 3. The van der Waals surface area contributed by atoms with Gasteiger partial charge >= 0.3 is 0 Å². The smallest absolute Gasteiger partial charge is 0.191 e. The summed E-state index contributed by atoms with van der Waals surface area (Å²) in [7, 11) is 0. The van der Waals surface area contributed by atoms with Crippen LogP contribution in [0.4, 0.5) is 0 Å². The molecule has 0 unspecified atom stereocenters. The van der Waals surface area contributed by atoms with Gasteiger partial charge in [-0.1, -0.05) is 29.8 Å². The summed E-state index contributed by atoms with van der Waals surface area (Å²) < 4.78 is 0. The third-order valence-corrected chi connectivity index (χ3v) is 1.57. The van der Waals surface area contributed by atoms with Crippen LogP contribution in [0.25, 0.3) is 0 Å². The van der Waals surface area contributed by atoms with E-state index in [0.717, 1.165) is 5.56 Å². The van der Waals surface area contributed by atoms with E-state index in [2.05, 4.69) is 4.89 Å². The summed E-state index contributed by atoms with van der Waals surface area (Å²) in [5.74, 6) is -0.225. The summed E-state index contributed by atoms with van der Waals surface area (Å²) in [6.07, 6.45) is 0. The predicted molar refractivity (Wildman–Crippen MR) is 44.1 cm³/mol. The van der Waals surface area contributed by atoms with Crippen LogP contribution in [0.3, 0.4) is 0 Å². The van der Waals surface area contributed by atoms with Crippen molar-refractivity contribution in [2.75, 3.05) is 6.61 Å². The number of aryl methyl sites for hydroxylation is 1. The predicted octanol–water partition coefficient (Wildman–Crippen LogP) is 1.67. The summed E-state index contributed by atoms with van der Waals surface area (Å²) >= 11 is 0. The molecule has 0 heterocycles. The minimum absolute atomic E-state index is 0.225. The quantitative estimate of drug-likeness (QED) is 0.422.